The lowest BCUT2D eigenvalue weighted by molar-refractivity contribution is -0.267. The summed E-state index contributed by atoms with van der Waals surface area (Å²) in [7, 11) is 0. The normalized spacial score (nSPS) is 22.8. The Morgan fingerprint density at radius 1 is 1.00 bits per heavy atom. The molecule has 1 aliphatic rings. The van der Waals surface area contributed by atoms with Gasteiger partial charge in [-0.3, -0.25) is 4.84 Å². The van der Waals surface area contributed by atoms with Crippen molar-refractivity contribution in [2.45, 2.75) is 71.4 Å². The maximum Gasteiger partial charge on any atom is 0.118 e. The standard InChI is InChI=1S/C21H36N2O2/c1-6-25-23-20(2,3)14-10-11-16-22(19-12-8-7-9-13-19)18-24-17-15-21(23,4)5/h7-9,12-13H,6,10-11,14-18H2,1-5H3. The number of para-hydroxylation sites is 1. The van der Waals surface area contributed by atoms with Crippen molar-refractivity contribution in [3.8, 4) is 0 Å². The first kappa shape index (κ1) is 20.2. The number of ether oxygens (including phenoxy) is 1. The highest BCUT2D eigenvalue weighted by Gasteiger charge is 2.38. The van der Waals surface area contributed by atoms with Crippen LogP contribution in [0, 0.1) is 0 Å². The maximum absolute atomic E-state index is 6.08. The van der Waals surface area contributed by atoms with Gasteiger partial charge in [-0.25, -0.2) is 0 Å². The Labute approximate surface area is 154 Å². The summed E-state index contributed by atoms with van der Waals surface area (Å²) in [4.78, 5) is 8.42. The fourth-order valence-electron chi connectivity index (χ4n) is 3.76. The maximum atomic E-state index is 6.08. The van der Waals surface area contributed by atoms with Crippen molar-refractivity contribution in [2.24, 2.45) is 0 Å². The molecule has 0 spiro atoms. The van der Waals surface area contributed by atoms with Gasteiger partial charge >= 0.3 is 0 Å². The van der Waals surface area contributed by atoms with Crippen LogP contribution in [0.3, 0.4) is 0 Å². The number of hydrogen-bond acceptors (Lipinski definition) is 4. The van der Waals surface area contributed by atoms with Crippen LogP contribution in [0.4, 0.5) is 5.69 Å². The van der Waals surface area contributed by atoms with Crippen molar-refractivity contribution in [3.05, 3.63) is 30.3 Å². The van der Waals surface area contributed by atoms with E-state index in [1.807, 2.05) is 0 Å². The minimum absolute atomic E-state index is 0.0102. The molecule has 0 aliphatic carbocycles. The lowest BCUT2D eigenvalue weighted by Crippen LogP contribution is -2.56. The molecule has 1 saturated heterocycles. The third-order valence-corrected chi connectivity index (χ3v) is 5.05. The van der Waals surface area contributed by atoms with Crippen molar-refractivity contribution >= 4 is 5.69 Å². The van der Waals surface area contributed by atoms with Crippen molar-refractivity contribution in [1.29, 1.82) is 0 Å². The van der Waals surface area contributed by atoms with E-state index in [0.717, 1.165) is 32.4 Å². The van der Waals surface area contributed by atoms with Crippen LogP contribution in [-0.4, -0.2) is 42.6 Å². The molecule has 0 bridgehead atoms. The van der Waals surface area contributed by atoms with Crippen LogP contribution in [-0.2, 0) is 9.57 Å². The molecule has 0 radical (unpaired) electrons. The molecule has 0 atom stereocenters. The summed E-state index contributed by atoms with van der Waals surface area (Å²) in [6, 6.07) is 10.6. The molecule has 0 amide bonds. The van der Waals surface area contributed by atoms with Crippen molar-refractivity contribution in [3.63, 3.8) is 0 Å². The van der Waals surface area contributed by atoms with E-state index in [9.17, 15) is 0 Å². The van der Waals surface area contributed by atoms with Crippen molar-refractivity contribution in [1.82, 2.24) is 5.06 Å². The van der Waals surface area contributed by atoms with Gasteiger partial charge in [0, 0.05) is 23.3 Å². The molecule has 1 aromatic carbocycles. The van der Waals surface area contributed by atoms with E-state index in [-0.39, 0.29) is 11.1 Å². The lowest BCUT2D eigenvalue weighted by Gasteiger charge is -2.47. The summed E-state index contributed by atoms with van der Waals surface area (Å²) < 4.78 is 6.05. The van der Waals surface area contributed by atoms with Crippen molar-refractivity contribution < 1.29 is 9.57 Å². The first-order chi connectivity index (χ1) is 11.9. The van der Waals surface area contributed by atoms with E-state index in [0.29, 0.717) is 13.3 Å². The zero-order valence-electron chi connectivity index (χ0n) is 16.8. The van der Waals surface area contributed by atoms with Crippen molar-refractivity contribution in [2.75, 3.05) is 31.4 Å². The SMILES string of the molecule is CCON1C(C)(C)CCCCN(c2ccccc2)COCCC1(C)C. The molecular weight excluding hydrogens is 312 g/mol. The molecule has 1 aliphatic heterocycles. The topological polar surface area (TPSA) is 24.9 Å². The zero-order valence-corrected chi connectivity index (χ0v) is 16.8. The number of benzene rings is 1. The van der Waals surface area contributed by atoms with E-state index in [2.05, 4.69) is 74.9 Å². The molecule has 4 heteroatoms. The Morgan fingerprint density at radius 2 is 1.68 bits per heavy atom. The predicted octanol–water partition coefficient (Wildman–Crippen LogP) is 4.85. The molecular formula is C21H36N2O2. The first-order valence-electron chi connectivity index (χ1n) is 9.68. The van der Waals surface area contributed by atoms with Crippen LogP contribution < -0.4 is 4.90 Å². The molecule has 142 valence electrons. The Hall–Kier alpha value is -1.10. The predicted molar refractivity (Wildman–Crippen MR) is 105 cm³/mol. The highest BCUT2D eigenvalue weighted by molar-refractivity contribution is 5.45. The molecule has 1 heterocycles. The van der Waals surface area contributed by atoms with Crippen LogP contribution in [0.2, 0.25) is 0 Å². The highest BCUT2D eigenvalue weighted by Crippen LogP contribution is 2.32. The largest absolute Gasteiger partial charge is 0.361 e. The molecule has 2 rings (SSSR count). The monoisotopic (exact) mass is 348 g/mol. The van der Waals surface area contributed by atoms with Gasteiger partial charge in [0.2, 0.25) is 0 Å². The Morgan fingerprint density at radius 3 is 2.36 bits per heavy atom. The van der Waals surface area contributed by atoms with E-state index >= 15 is 0 Å². The zero-order chi connectivity index (χ0) is 18.3. The fourth-order valence-corrected chi connectivity index (χ4v) is 3.76. The van der Waals surface area contributed by atoms with Gasteiger partial charge in [0.15, 0.2) is 0 Å². The Kier molecular flexibility index (Phi) is 7.29. The summed E-state index contributed by atoms with van der Waals surface area (Å²) in [6.07, 6.45) is 4.40. The van der Waals surface area contributed by atoms with E-state index in [1.54, 1.807) is 0 Å². The molecule has 4 nitrogen and oxygen atoms in total. The molecule has 1 aromatic rings. The smallest absolute Gasteiger partial charge is 0.118 e. The quantitative estimate of drug-likeness (QED) is 0.779. The second-order valence-corrected chi connectivity index (χ2v) is 8.18. The summed E-state index contributed by atoms with van der Waals surface area (Å²) in [6.45, 7) is 14.3. The van der Waals surface area contributed by atoms with Gasteiger partial charge in [-0.15, -0.1) is 0 Å². The second-order valence-electron chi connectivity index (χ2n) is 8.18. The number of rotatable bonds is 3. The van der Waals surface area contributed by atoms with Crippen LogP contribution in [0.25, 0.3) is 0 Å². The second kappa shape index (κ2) is 9.02. The number of anilines is 1. The van der Waals surface area contributed by atoms with Gasteiger partial charge in [-0.1, -0.05) is 18.2 Å². The van der Waals surface area contributed by atoms with Gasteiger partial charge in [-0.2, -0.15) is 5.06 Å². The Bertz CT molecular complexity index is 478. The number of hydrogen-bond donors (Lipinski definition) is 0. The summed E-state index contributed by atoms with van der Waals surface area (Å²) in [5.41, 5.74) is 1.20. The molecule has 0 aromatic heterocycles. The first-order valence-corrected chi connectivity index (χ1v) is 9.68. The van der Waals surface area contributed by atoms with E-state index in [1.165, 1.54) is 12.1 Å². The van der Waals surface area contributed by atoms with Crippen LogP contribution in [0.15, 0.2) is 30.3 Å². The average Bonchev–Trinajstić information content (AvgIpc) is 2.57. The highest BCUT2D eigenvalue weighted by atomic mass is 16.7. The molecule has 1 fully saturated rings. The van der Waals surface area contributed by atoms with E-state index in [4.69, 9.17) is 9.57 Å². The van der Waals surface area contributed by atoms with Crippen LogP contribution in [0.5, 0.6) is 0 Å². The summed E-state index contributed by atoms with van der Waals surface area (Å²) in [5, 5.41) is 2.22. The third kappa shape index (κ3) is 5.70. The lowest BCUT2D eigenvalue weighted by atomic mass is 9.90. The summed E-state index contributed by atoms with van der Waals surface area (Å²) >= 11 is 0. The third-order valence-electron chi connectivity index (χ3n) is 5.05. The molecule has 25 heavy (non-hydrogen) atoms. The number of nitrogens with zero attached hydrogens (tertiary/aromatic N) is 2. The summed E-state index contributed by atoms with van der Waals surface area (Å²) in [5.74, 6) is 0. The van der Waals surface area contributed by atoms with Gasteiger partial charge < -0.3 is 9.64 Å². The molecule has 0 unspecified atom stereocenters. The molecule has 0 N–H and O–H groups in total. The number of hydroxylamine groups is 2. The minimum Gasteiger partial charge on any atom is -0.361 e. The van der Waals surface area contributed by atoms with Gasteiger partial charge in [0.1, 0.15) is 6.73 Å². The Balaban J connectivity index is 2.10. The molecule has 0 saturated carbocycles. The van der Waals surface area contributed by atoms with Gasteiger partial charge in [0.05, 0.1) is 13.2 Å². The fraction of sp³-hybridized carbons (Fsp3) is 0.714. The van der Waals surface area contributed by atoms with Crippen LogP contribution in [0.1, 0.15) is 60.3 Å². The minimum atomic E-state index is -0.0592. The van der Waals surface area contributed by atoms with Gasteiger partial charge in [0.25, 0.3) is 0 Å². The van der Waals surface area contributed by atoms with Gasteiger partial charge in [-0.05, 0) is 72.4 Å². The van der Waals surface area contributed by atoms with E-state index < -0.39 is 0 Å². The average molecular weight is 349 g/mol. The van der Waals surface area contributed by atoms with Crippen LogP contribution >= 0.6 is 0 Å².